The van der Waals surface area contributed by atoms with Gasteiger partial charge in [0.25, 0.3) is 0 Å². The van der Waals surface area contributed by atoms with Crippen LogP contribution in [0.1, 0.15) is 0 Å². The van der Waals surface area contributed by atoms with E-state index in [9.17, 15) is 13.2 Å². The number of nitrogens with two attached hydrogens (primary N) is 1. The highest BCUT2D eigenvalue weighted by atomic mass is 32.2. The van der Waals surface area contributed by atoms with Crippen LogP contribution in [0, 0.1) is 11.3 Å². The van der Waals surface area contributed by atoms with Crippen LogP contribution in [0.2, 0.25) is 0 Å². The third-order valence-corrected chi connectivity index (χ3v) is 2.37. The number of sulfonamides is 1. The number of carbonyl (C=O) groups excluding carboxylic acids is 1. The Labute approximate surface area is 76.2 Å². The normalized spacial score (nSPS) is 12.6. The van der Waals surface area contributed by atoms with E-state index < -0.39 is 26.6 Å². The maximum absolute atomic E-state index is 11.1. The summed E-state index contributed by atoms with van der Waals surface area (Å²) in [7, 11) is -4.05. The van der Waals surface area contributed by atoms with Crippen molar-refractivity contribution in [2.75, 3.05) is 0 Å². The van der Waals surface area contributed by atoms with Crippen molar-refractivity contribution in [1.29, 1.82) is 5.26 Å². The molecule has 0 aliphatic heterocycles. The van der Waals surface area contributed by atoms with Crippen molar-refractivity contribution >= 4 is 15.8 Å². The Balaban J connectivity index is 5.07. The summed E-state index contributed by atoms with van der Waals surface area (Å²) in [5.74, 6) is -0.944. The second kappa shape index (κ2) is 3.98. The van der Waals surface area contributed by atoms with Crippen molar-refractivity contribution in [3.05, 3.63) is 24.8 Å². The molecule has 13 heavy (non-hydrogen) atoms. The van der Waals surface area contributed by atoms with Gasteiger partial charge in [0, 0.05) is 0 Å². The number of ketones is 1. The molecule has 0 fully saturated rings. The van der Waals surface area contributed by atoms with Crippen LogP contribution in [0.15, 0.2) is 24.8 Å². The molecule has 0 aromatic rings. The lowest BCUT2D eigenvalue weighted by Gasteiger charge is -2.06. The second-order valence-electron chi connectivity index (χ2n) is 2.20. The first-order chi connectivity index (χ1) is 5.84. The summed E-state index contributed by atoms with van der Waals surface area (Å²) in [5, 5.41) is 11.4. The Hall–Kier alpha value is -1.45. The Morgan fingerprint density at radius 2 is 2.08 bits per heavy atom. The Morgan fingerprint density at radius 1 is 1.62 bits per heavy atom. The van der Waals surface area contributed by atoms with E-state index in [1.165, 1.54) is 6.07 Å². The molecule has 0 radical (unpaired) electrons. The molecule has 0 amide bonds. The number of carbonyl (C=O) groups is 1. The molecule has 0 heterocycles. The second-order valence-corrected chi connectivity index (χ2v) is 3.89. The van der Waals surface area contributed by atoms with Crippen LogP contribution in [0.3, 0.4) is 0 Å². The largest absolute Gasteiger partial charge is 0.292 e. The molecule has 1 unspecified atom stereocenters. The van der Waals surface area contributed by atoms with Crippen molar-refractivity contribution in [3.63, 3.8) is 0 Å². The van der Waals surface area contributed by atoms with Gasteiger partial charge in [0.05, 0.1) is 5.57 Å². The molecule has 2 N–H and O–H groups in total. The van der Waals surface area contributed by atoms with Gasteiger partial charge in [-0.05, 0) is 0 Å². The summed E-state index contributed by atoms with van der Waals surface area (Å²) >= 11 is 0. The first kappa shape index (κ1) is 11.6. The minimum Gasteiger partial charge on any atom is -0.292 e. The zero-order valence-corrected chi connectivity index (χ0v) is 7.54. The van der Waals surface area contributed by atoms with E-state index in [0.29, 0.717) is 0 Å². The van der Waals surface area contributed by atoms with Crippen LogP contribution >= 0.6 is 0 Å². The topological polar surface area (TPSA) is 101 Å². The van der Waals surface area contributed by atoms with E-state index in [4.69, 9.17) is 10.4 Å². The van der Waals surface area contributed by atoms with Crippen molar-refractivity contribution in [2.24, 2.45) is 5.14 Å². The SMILES string of the molecule is C=CC(C(=O)C(=C)C#N)S(N)(=O)=O. The van der Waals surface area contributed by atoms with Crippen molar-refractivity contribution in [2.45, 2.75) is 5.25 Å². The van der Waals surface area contributed by atoms with Crippen LogP contribution in [0.4, 0.5) is 0 Å². The summed E-state index contributed by atoms with van der Waals surface area (Å²) in [6, 6.07) is 1.44. The molecule has 0 saturated heterocycles. The van der Waals surface area contributed by atoms with Gasteiger partial charge < -0.3 is 0 Å². The average molecular weight is 200 g/mol. The standard InChI is InChI=1S/C7H8N2O3S/c1-3-6(13(9,11)12)7(10)5(2)4-8/h3,6H,1-2H2,(H2,9,11,12). The highest BCUT2D eigenvalue weighted by molar-refractivity contribution is 7.90. The number of rotatable bonds is 4. The molecule has 0 aromatic carbocycles. The summed E-state index contributed by atoms with van der Waals surface area (Å²) in [6.45, 7) is 6.21. The maximum Gasteiger partial charge on any atom is 0.223 e. The molecule has 0 bridgehead atoms. The first-order valence-corrected chi connectivity index (χ1v) is 4.73. The average Bonchev–Trinajstić information content (AvgIpc) is 2.01. The number of hydrogen-bond acceptors (Lipinski definition) is 4. The van der Waals surface area contributed by atoms with Gasteiger partial charge in [-0.1, -0.05) is 12.7 Å². The number of nitriles is 1. The smallest absolute Gasteiger partial charge is 0.223 e. The molecule has 5 nitrogen and oxygen atoms in total. The monoisotopic (exact) mass is 200 g/mol. The van der Waals surface area contributed by atoms with Crippen LogP contribution in [-0.4, -0.2) is 19.5 Å². The van der Waals surface area contributed by atoms with E-state index in [1.54, 1.807) is 0 Å². The fourth-order valence-electron chi connectivity index (χ4n) is 0.617. The number of Topliss-reactive ketones (excluding diaryl/α,β-unsaturated/α-hetero) is 1. The molecule has 70 valence electrons. The predicted molar refractivity (Wildman–Crippen MR) is 46.9 cm³/mol. The molecule has 0 aromatic heterocycles. The molecule has 0 aliphatic rings. The number of primary sulfonamides is 1. The number of nitrogens with zero attached hydrogens (tertiary/aromatic N) is 1. The van der Waals surface area contributed by atoms with E-state index in [2.05, 4.69) is 13.2 Å². The molecule has 1 atom stereocenters. The maximum atomic E-state index is 11.1. The van der Waals surface area contributed by atoms with E-state index in [-0.39, 0.29) is 0 Å². The fraction of sp³-hybridized carbons (Fsp3) is 0.143. The van der Waals surface area contributed by atoms with E-state index in [0.717, 1.165) is 6.08 Å². The van der Waals surface area contributed by atoms with Gasteiger partial charge in [-0.15, -0.1) is 6.58 Å². The lowest BCUT2D eigenvalue weighted by molar-refractivity contribution is -0.114. The molecule has 0 spiro atoms. The highest BCUT2D eigenvalue weighted by Crippen LogP contribution is 2.05. The van der Waals surface area contributed by atoms with Crippen molar-refractivity contribution < 1.29 is 13.2 Å². The van der Waals surface area contributed by atoms with E-state index >= 15 is 0 Å². The lowest BCUT2D eigenvalue weighted by Crippen LogP contribution is -2.34. The Morgan fingerprint density at radius 3 is 2.31 bits per heavy atom. The zero-order valence-electron chi connectivity index (χ0n) is 6.73. The summed E-state index contributed by atoms with van der Waals surface area (Å²) < 4.78 is 21.5. The van der Waals surface area contributed by atoms with Crippen LogP contribution in [0.25, 0.3) is 0 Å². The Bertz CT molecular complexity index is 388. The fourth-order valence-corrected chi connectivity index (χ4v) is 1.33. The van der Waals surface area contributed by atoms with Gasteiger partial charge in [0.1, 0.15) is 6.07 Å². The van der Waals surface area contributed by atoms with Gasteiger partial charge in [-0.2, -0.15) is 5.26 Å². The molecule has 6 heteroatoms. The Kier molecular flexibility index (Phi) is 3.54. The third-order valence-electron chi connectivity index (χ3n) is 1.26. The van der Waals surface area contributed by atoms with Crippen molar-refractivity contribution in [3.8, 4) is 6.07 Å². The number of hydrogen-bond donors (Lipinski definition) is 1. The predicted octanol–water partition coefficient (Wildman–Crippen LogP) is -0.522. The minimum atomic E-state index is -4.05. The van der Waals surface area contributed by atoms with Crippen molar-refractivity contribution in [1.82, 2.24) is 0 Å². The van der Waals surface area contributed by atoms with Crippen LogP contribution in [-0.2, 0) is 14.8 Å². The van der Waals surface area contributed by atoms with Gasteiger partial charge in [-0.3, -0.25) is 4.79 Å². The van der Waals surface area contributed by atoms with Gasteiger partial charge >= 0.3 is 0 Å². The summed E-state index contributed by atoms with van der Waals surface area (Å²) in [4.78, 5) is 11.1. The molecular weight excluding hydrogens is 192 g/mol. The molecule has 0 saturated carbocycles. The van der Waals surface area contributed by atoms with Gasteiger partial charge in [-0.25, -0.2) is 13.6 Å². The summed E-state index contributed by atoms with van der Waals surface area (Å²) in [6.07, 6.45) is 0.861. The minimum absolute atomic E-state index is 0.459. The third kappa shape index (κ3) is 2.82. The highest BCUT2D eigenvalue weighted by Gasteiger charge is 2.27. The van der Waals surface area contributed by atoms with E-state index in [1.807, 2.05) is 0 Å². The molecule has 0 rings (SSSR count). The number of allylic oxidation sites excluding steroid dienone is 1. The molecule has 0 aliphatic carbocycles. The van der Waals surface area contributed by atoms with Gasteiger partial charge in [0.15, 0.2) is 11.0 Å². The zero-order chi connectivity index (χ0) is 10.6. The van der Waals surface area contributed by atoms with Crippen LogP contribution < -0.4 is 5.14 Å². The van der Waals surface area contributed by atoms with Gasteiger partial charge in [0.2, 0.25) is 10.0 Å². The summed E-state index contributed by atoms with van der Waals surface area (Å²) in [5.41, 5.74) is -0.459. The quantitative estimate of drug-likeness (QED) is 0.374. The first-order valence-electron chi connectivity index (χ1n) is 3.12. The van der Waals surface area contributed by atoms with Crippen LogP contribution in [0.5, 0.6) is 0 Å². The lowest BCUT2D eigenvalue weighted by atomic mass is 10.1. The molecular formula is C7H8N2O3S.